The third-order valence-electron chi connectivity index (χ3n) is 4.28. The standard InChI is InChI=1S/C19H22N4O5S/c1-11-8-9-14(28-11)16(19(2,3)4)21-18-17(22-29(26,27)23-18)20-13-7-5-6-12(10-24)15(13)25/h5-10,16,25H,1-4H3,(H,20,22)(H,21,23). The van der Waals surface area contributed by atoms with Crippen LogP contribution in [-0.2, 0) is 10.2 Å². The summed E-state index contributed by atoms with van der Waals surface area (Å²) in [6, 6.07) is 7.69. The molecule has 0 fully saturated rings. The van der Waals surface area contributed by atoms with Gasteiger partial charge in [-0.05, 0) is 36.6 Å². The average molecular weight is 418 g/mol. The minimum absolute atomic E-state index is 0.0186. The Balaban J connectivity index is 1.95. The molecule has 154 valence electrons. The molecule has 10 heteroatoms. The third-order valence-corrected chi connectivity index (χ3v) is 5.10. The van der Waals surface area contributed by atoms with Crippen molar-refractivity contribution in [3.63, 3.8) is 0 Å². The maximum Gasteiger partial charge on any atom is 0.367 e. The first-order valence-electron chi connectivity index (χ1n) is 8.82. The van der Waals surface area contributed by atoms with Gasteiger partial charge in [0.2, 0.25) is 0 Å². The van der Waals surface area contributed by atoms with Gasteiger partial charge < -0.3 is 20.2 Å². The van der Waals surface area contributed by atoms with Crippen molar-refractivity contribution in [1.82, 2.24) is 5.32 Å². The number of carbonyl (C=O) groups is 1. The molecule has 0 radical (unpaired) electrons. The molecule has 0 aliphatic carbocycles. The van der Waals surface area contributed by atoms with Gasteiger partial charge in [-0.25, -0.2) is 0 Å². The molecule has 0 saturated carbocycles. The number of nitrogens with zero attached hydrogens (tertiary/aromatic N) is 2. The number of phenolic OH excluding ortho intramolecular Hbond substituents is 1. The van der Waals surface area contributed by atoms with Crippen molar-refractivity contribution >= 4 is 33.9 Å². The Bertz CT molecular complexity index is 1110. The molecule has 2 aromatic rings. The average Bonchev–Trinajstić information content (AvgIpc) is 3.16. The summed E-state index contributed by atoms with van der Waals surface area (Å²) in [4.78, 5) is 11.0. The summed E-state index contributed by atoms with van der Waals surface area (Å²) in [5.74, 6) is 0.908. The van der Waals surface area contributed by atoms with Crippen LogP contribution in [0.5, 0.6) is 5.75 Å². The summed E-state index contributed by atoms with van der Waals surface area (Å²) < 4.78 is 37.1. The SMILES string of the molecule is Cc1ccc(C(NC2=NS(=O)(=O)N=C2Nc2cccc(C=O)c2O)C(C)(C)C)o1. The zero-order valence-corrected chi connectivity index (χ0v) is 17.2. The van der Waals surface area contributed by atoms with Crippen LogP contribution in [0.4, 0.5) is 5.69 Å². The van der Waals surface area contributed by atoms with Crippen molar-refractivity contribution in [2.45, 2.75) is 33.7 Å². The van der Waals surface area contributed by atoms with E-state index in [1.807, 2.05) is 39.8 Å². The molecule has 0 spiro atoms. The zero-order valence-electron chi connectivity index (χ0n) is 16.4. The number of para-hydroxylation sites is 1. The molecule has 1 atom stereocenters. The largest absolute Gasteiger partial charge is 0.505 e. The Morgan fingerprint density at radius 1 is 1.14 bits per heavy atom. The van der Waals surface area contributed by atoms with Crippen molar-refractivity contribution < 1.29 is 22.7 Å². The summed E-state index contributed by atoms with van der Waals surface area (Å²) in [6.07, 6.45) is 0.496. The number of carbonyl (C=O) groups excluding carboxylic acids is 1. The van der Waals surface area contributed by atoms with E-state index in [-0.39, 0.29) is 34.1 Å². The topological polar surface area (TPSA) is 133 Å². The van der Waals surface area contributed by atoms with E-state index in [1.165, 1.54) is 12.1 Å². The highest BCUT2D eigenvalue weighted by Crippen LogP contribution is 2.34. The number of nitrogens with one attached hydrogen (secondary N) is 2. The Kier molecular flexibility index (Phi) is 5.22. The molecule has 1 aliphatic heterocycles. The molecular formula is C19H22N4O5S. The lowest BCUT2D eigenvalue weighted by atomic mass is 9.85. The van der Waals surface area contributed by atoms with E-state index in [0.717, 1.165) is 5.76 Å². The summed E-state index contributed by atoms with van der Waals surface area (Å²) in [5, 5.41) is 16.0. The summed E-state index contributed by atoms with van der Waals surface area (Å²) in [5.41, 5.74) is -0.174. The van der Waals surface area contributed by atoms with Crippen LogP contribution in [0.15, 0.2) is 43.5 Å². The van der Waals surface area contributed by atoms with Crippen LogP contribution >= 0.6 is 0 Å². The molecule has 3 N–H and O–H groups in total. The Morgan fingerprint density at radius 2 is 1.83 bits per heavy atom. The summed E-state index contributed by atoms with van der Waals surface area (Å²) >= 11 is 0. The van der Waals surface area contributed by atoms with Crippen LogP contribution in [0, 0.1) is 12.3 Å². The van der Waals surface area contributed by atoms with E-state index >= 15 is 0 Å². The van der Waals surface area contributed by atoms with Crippen LogP contribution in [0.1, 0.15) is 48.7 Å². The lowest BCUT2D eigenvalue weighted by molar-refractivity contribution is 0.112. The number of aromatic hydroxyl groups is 1. The van der Waals surface area contributed by atoms with Gasteiger partial charge in [-0.3, -0.25) is 4.79 Å². The number of hydrogen-bond acceptors (Lipinski definition) is 7. The van der Waals surface area contributed by atoms with Gasteiger partial charge in [-0.15, -0.1) is 8.80 Å². The van der Waals surface area contributed by atoms with Gasteiger partial charge in [0.25, 0.3) is 0 Å². The normalized spacial score (nSPS) is 16.7. The number of aryl methyl sites for hydroxylation is 1. The van der Waals surface area contributed by atoms with E-state index in [4.69, 9.17) is 4.42 Å². The Morgan fingerprint density at radius 3 is 2.41 bits per heavy atom. The maximum atomic E-state index is 12.0. The minimum Gasteiger partial charge on any atom is -0.505 e. The molecular weight excluding hydrogens is 396 g/mol. The van der Waals surface area contributed by atoms with E-state index in [0.29, 0.717) is 12.0 Å². The Hall–Kier alpha value is -3.14. The number of aldehydes is 1. The van der Waals surface area contributed by atoms with E-state index < -0.39 is 16.3 Å². The first-order valence-corrected chi connectivity index (χ1v) is 10.2. The van der Waals surface area contributed by atoms with Crippen LogP contribution in [0.25, 0.3) is 0 Å². The molecule has 29 heavy (non-hydrogen) atoms. The smallest absolute Gasteiger partial charge is 0.367 e. The Labute approximate surface area is 168 Å². The molecule has 1 aromatic carbocycles. The van der Waals surface area contributed by atoms with Gasteiger partial charge in [0.05, 0.1) is 17.3 Å². The monoisotopic (exact) mass is 418 g/mol. The lowest BCUT2D eigenvalue weighted by Gasteiger charge is -2.30. The molecule has 1 aromatic heterocycles. The van der Waals surface area contributed by atoms with Gasteiger partial charge in [0.15, 0.2) is 18.0 Å². The molecule has 0 amide bonds. The molecule has 3 rings (SSSR count). The second-order valence-electron chi connectivity index (χ2n) is 7.71. The molecule has 9 nitrogen and oxygen atoms in total. The van der Waals surface area contributed by atoms with E-state index in [9.17, 15) is 18.3 Å². The van der Waals surface area contributed by atoms with E-state index in [2.05, 4.69) is 19.4 Å². The zero-order chi connectivity index (χ0) is 21.4. The van der Waals surface area contributed by atoms with Crippen molar-refractivity contribution in [2.24, 2.45) is 14.2 Å². The number of anilines is 1. The molecule has 1 aliphatic rings. The summed E-state index contributed by atoms with van der Waals surface area (Å²) in [6.45, 7) is 7.72. The first kappa shape index (κ1) is 20.6. The quantitative estimate of drug-likeness (QED) is 0.513. The van der Waals surface area contributed by atoms with Crippen LogP contribution in [0.3, 0.4) is 0 Å². The molecule has 2 heterocycles. The fraction of sp³-hybridized carbons (Fsp3) is 0.316. The van der Waals surface area contributed by atoms with Gasteiger partial charge in [-0.2, -0.15) is 8.42 Å². The number of phenols is 1. The van der Waals surface area contributed by atoms with Gasteiger partial charge in [0.1, 0.15) is 17.3 Å². The van der Waals surface area contributed by atoms with Crippen LogP contribution in [-0.4, -0.2) is 31.5 Å². The highest BCUT2D eigenvalue weighted by Gasteiger charge is 2.34. The van der Waals surface area contributed by atoms with Gasteiger partial charge >= 0.3 is 10.2 Å². The second-order valence-corrected chi connectivity index (χ2v) is 8.97. The van der Waals surface area contributed by atoms with Crippen LogP contribution in [0.2, 0.25) is 0 Å². The van der Waals surface area contributed by atoms with Crippen molar-refractivity contribution in [1.29, 1.82) is 0 Å². The summed E-state index contributed by atoms with van der Waals surface area (Å²) in [7, 11) is -4.09. The van der Waals surface area contributed by atoms with Crippen molar-refractivity contribution in [2.75, 3.05) is 5.32 Å². The third kappa shape index (κ3) is 4.48. The maximum absolute atomic E-state index is 12.0. The van der Waals surface area contributed by atoms with E-state index in [1.54, 1.807) is 6.07 Å². The van der Waals surface area contributed by atoms with Crippen molar-refractivity contribution in [3.05, 3.63) is 47.4 Å². The molecule has 0 bridgehead atoms. The van der Waals surface area contributed by atoms with Gasteiger partial charge in [0, 0.05) is 0 Å². The fourth-order valence-electron chi connectivity index (χ4n) is 2.86. The predicted octanol–water partition coefficient (Wildman–Crippen LogP) is 2.95. The number of benzene rings is 1. The second kappa shape index (κ2) is 7.36. The first-order chi connectivity index (χ1) is 13.5. The minimum atomic E-state index is -4.09. The number of hydrogen-bond donors (Lipinski definition) is 3. The number of amidine groups is 2. The number of rotatable bonds is 4. The fourth-order valence-corrected chi connectivity index (χ4v) is 3.63. The van der Waals surface area contributed by atoms with Crippen molar-refractivity contribution in [3.8, 4) is 5.75 Å². The highest BCUT2D eigenvalue weighted by atomic mass is 32.2. The molecule has 0 saturated heterocycles. The number of furan rings is 1. The van der Waals surface area contributed by atoms with Gasteiger partial charge in [-0.1, -0.05) is 26.8 Å². The predicted molar refractivity (Wildman–Crippen MR) is 110 cm³/mol. The lowest BCUT2D eigenvalue weighted by Crippen LogP contribution is -2.41. The van der Waals surface area contributed by atoms with Crippen LogP contribution < -0.4 is 10.6 Å². The molecule has 1 unspecified atom stereocenters. The highest BCUT2D eigenvalue weighted by molar-refractivity contribution is 7.89.